The monoisotopic (exact) mass is 446 g/mol. The number of ether oxygens (including phenoxy) is 2. The lowest BCUT2D eigenvalue weighted by molar-refractivity contribution is -0.277. The molecule has 0 spiro atoms. The van der Waals surface area contributed by atoms with Crippen LogP contribution < -0.4 is 4.74 Å². The Labute approximate surface area is 191 Å². The van der Waals surface area contributed by atoms with Crippen LogP contribution in [0.2, 0.25) is 0 Å². The molecule has 0 aromatic heterocycles. The SMILES string of the molecule is C=CC/C=C\C/C=C\CCCCCCc1cccc(O[C@@H]2O[C@H](CO)[C@@H](O)[C@H](O)[C@H]2O)c1. The standard InChI is InChI=1S/C26H38O6/c1-2-3-4-5-6-7-8-9-10-11-12-13-15-20-16-14-17-21(18-20)31-26-25(30)24(29)23(28)22(19-27)32-26/h2,4-5,7-8,14,16-18,22-30H,1,3,6,9-13,15,19H2/b5-4-,8-7-/t22-,23-,24+,25-,26-/m1/s1. The second-order valence-corrected chi connectivity index (χ2v) is 8.12. The zero-order chi connectivity index (χ0) is 23.2. The van der Waals surface area contributed by atoms with Gasteiger partial charge in [-0.3, -0.25) is 0 Å². The summed E-state index contributed by atoms with van der Waals surface area (Å²) in [5, 5.41) is 39.2. The Morgan fingerprint density at radius 1 is 0.906 bits per heavy atom. The predicted octanol–water partition coefficient (Wildman–Crippen LogP) is 3.44. The van der Waals surface area contributed by atoms with Crippen LogP contribution in [0.4, 0.5) is 0 Å². The van der Waals surface area contributed by atoms with Crippen molar-refractivity contribution in [2.75, 3.05) is 6.61 Å². The first kappa shape index (κ1) is 26.3. The number of hydrogen-bond acceptors (Lipinski definition) is 6. The van der Waals surface area contributed by atoms with Crippen LogP contribution in [0.3, 0.4) is 0 Å². The maximum atomic E-state index is 10.1. The quantitative estimate of drug-likeness (QED) is 0.258. The lowest BCUT2D eigenvalue weighted by atomic mass is 9.99. The van der Waals surface area contributed by atoms with E-state index in [-0.39, 0.29) is 0 Å². The van der Waals surface area contributed by atoms with Gasteiger partial charge in [0.1, 0.15) is 30.2 Å². The molecule has 1 aliphatic heterocycles. The van der Waals surface area contributed by atoms with Gasteiger partial charge in [0.2, 0.25) is 6.29 Å². The molecule has 6 nitrogen and oxygen atoms in total. The molecule has 0 saturated carbocycles. The summed E-state index contributed by atoms with van der Waals surface area (Å²) in [7, 11) is 0. The van der Waals surface area contributed by atoms with Gasteiger partial charge in [-0.1, -0.05) is 55.4 Å². The largest absolute Gasteiger partial charge is 0.462 e. The number of aliphatic hydroxyl groups is 4. The van der Waals surface area contributed by atoms with Crippen LogP contribution in [0, 0.1) is 0 Å². The van der Waals surface area contributed by atoms with Gasteiger partial charge in [0.05, 0.1) is 6.61 Å². The summed E-state index contributed by atoms with van der Waals surface area (Å²) in [4.78, 5) is 0. The molecule has 1 aromatic carbocycles. The molecule has 1 aromatic rings. The first-order chi connectivity index (χ1) is 15.6. The molecule has 1 saturated heterocycles. The lowest BCUT2D eigenvalue weighted by Gasteiger charge is -2.39. The van der Waals surface area contributed by atoms with E-state index in [2.05, 4.69) is 30.9 Å². The molecule has 6 heteroatoms. The predicted molar refractivity (Wildman–Crippen MR) is 125 cm³/mol. The summed E-state index contributed by atoms with van der Waals surface area (Å²) in [6.45, 7) is 3.21. The van der Waals surface area contributed by atoms with E-state index in [1.165, 1.54) is 12.8 Å². The van der Waals surface area contributed by atoms with Crippen LogP contribution in [0.1, 0.15) is 50.5 Å². The van der Waals surface area contributed by atoms with Gasteiger partial charge in [0, 0.05) is 0 Å². The van der Waals surface area contributed by atoms with Crippen molar-refractivity contribution in [1.82, 2.24) is 0 Å². The Morgan fingerprint density at radius 2 is 1.66 bits per heavy atom. The maximum Gasteiger partial charge on any atom is 0.229 e. The van der Waals surface area contributed by atoms with Crippen molar-refractivity contribution in [2.45, 2.75) is 82.1 Å². The molecule has 1 heterocycles. The zero-order valence-corrected chi connectivity index (χ0v) is 18.8. The molecule has 32 heavy (non-hydrogen) atoms. The molecule has 0 radical (unpaired) electrons. The smallest absolute Gasteiger partial charge is 0.229 e. The Balaban J connectivity index is 1.68. The molecule has 2 rings (SSSR count). The van der Waals surface area contributed by atoms with E-state index in [9.17, 15) is 20.4 Å². The fourth-order valence-corrected chi connectivity index (χ4v) is 3.60. The summed E-state index contributed by atoms with van der Waals surface area (Å²) in [6, 6.07) is 7.56. The Morgan fingerprint density at radius 3 is 2.44 bits per heavy atom. The van der Waals surface area contributed by atoms with E-state index in [4.69, 9.17) is 9.47 Å². The average molecular weight is 447 g/mol. The Kier molecular flexibility index (Phi) is 12.3. The minimum Gasteiger partial charge on any atom is -0.462 e. The summed E-state index contributed by atoms with van der Waals surface area (Å²) in [5.74, 6) is 0.513. The number of allylic oxidation sites excluding steroid dienone is 5. The number of benzene rings is 1. The van der Waals surface area contributed by atoms with Gasteiger partial charge in [-0.25, -0.2) is 0 Å². The van der Waals surface area contributed by atoms with Crippen molar-refractivity contribution >= 4 is 0 Å². The Hall–Kier alpha value is -1.96. The van der Waals surface area contributed by atoms with Gasteiger partial charge in [-0.05, 0) is 56.2 Å². The van der Waals surface area contributed by atoms with Gasteiger partial charge in [0.25, 0.3) is 0 Å². The zero-order valence-electron chi connectivity index (χ0n) is 18.8. The van der Waals surface area contributed by atoms with Crippen molar-refractivity contribution < 1.29 is 29.9 Å². The van der Waals surface area contributed by atoms with Crippen LogP contribution in [0.15, 0.2) is 61.2 Å². The van der Waals surface area contributed by atoms with Crippen LogP contribution in [-0.4, -0.2) is 57.7 Å². The van der Waals surface area contributed by atoms with E-state index in [0.29, 0.717) is 5.75 Å². The minimum absolute atomic E-state index is 0.479. The average Bonchev–Trinajstić information content (AvgIpc) is 2.80. The van der Waals surface area contributed by atoms with Gasteiger partial charge >= 0.3 is 0 Å². The topological polar surface area (TPSA) is 99.4 Å². The molecular formula is C26H38O6. The van der Waals surface area contributed by atoms with Gasteiger partial charge < -0.3 is 29.9 Å². The first-order valence-corrected chi connectivity index (χ1v) is 11.5. The van der Waals surface area contributed by atoms with Crippen molar-refractivity contribution in [1.29, 1.82) is 0 Å². The number of rotatable bonds is 14. The van der Waals surface area contributed by atoms with Crippen LogP contribution in [0.5, 0.6) is 5.75 Å². The molecule has 5 atom stereocenters. The summed E-state index contributed by atoms with van der Waals surface area (Å²) in [5.41, 5.74) is 1.12. The number of hydrogen-bond donors (Lipinski definition) is 4. The third-order valence-corrected chi connectivity index (χ3v) is 5.49. The highest BCUT2D eigenvalue weighted by atomic mass is 16.7. The van der Waals surface area contributed by atoms with Crippen LogP contribution in [-0.2, 0) is 11.2 Å². The van der Waals surface area contributed by atoms with E-state index in [1.54, 1.807) is 6.07 Å². The maximum absolute atomic E-state index is 10.1. The fraction of sp³-hybridized carbons (Fsp3) is 0.538. The molecule has 0 bridgehead atoms. The molecule has 1 aliphatic rings. The highest BCUT2D eigenvalue weighted by molar-refractivity contribution is 5.28. The van der Waals surface area contributed by atoms with Gasteiger partial charge in [0.15, 0.2) is 0 Å². The third kappa shape index (κ3) is 8.88. The molecule has 178 valence electrons. The van der Waals surface area contributed by atoms with Gasteiger partial charge in [-0.15, -0.1) is 6.58 Å². The van der Waals surface area contributed by atoms with Crippen molar-refractivity contribution in [3.05, 3.63) is 66.8 Å². The third-order valence-electron chi connectivity index (χ3n) is 5.49. The summed E-state index contributed by atoms with van der Waals surface area (Å²) < 4.78 is 11.1. The number of unbranched alkanes of at least 4 members (excludes halogenated alkanes) is 4. The van der Waals surface area contributed by atoms with Crippen LogP contribution >= 0.6 is 0 Å². The minimum atomic E-state index is -1.45. The normalized spacial score (nSPS) is 26.1. The van der Waals surface area contributed by atoms with E-state index in [0.717, 1.165) is 44.1 Å². The first-order valence-electron chi connectivity index (χ1n) is 11.5. The second-order valence-electron chi connectivity index (χ2n) is 8.12. The summed E-state index contributed by atoms with van der Waals surface area (Å²) >= 11 is 0. The van der Waals surface area contributed by atoms with Crippen LogP contribution in [0.25, 0.3) is 0 Å². The number of aryl methyl sites for hydroxylation is 1. The van der Waals surface area contributed by atoms with E-state index < -0.39 is 37.3 Å². The molecule has 0 amide bonds. The molecular weight excluding hydrogens is 408 g/mol. The summed E-state index contributed by atoms with van der Waals surface area (Å²) in [6.07, 6.45) is 12.8. The molecule has 0 aliphatic carbocycles. The van der Waals surface area contributed by atoms with Crippen molar-refractivity contribution in [3.63, 3.8) is 0 Å². The molecule has 4 N–H and O–H groups in total. The van der Waals surface area contributed by atoms with Crippen molar-refractivity contribution in [2.24, 2.45) is 0 Å². The fourth-order valence-electron chi connectivity index (χ4n) is 3.60. The molecule has 0 unspecified atom stereocenters. The highest BCUT2D eigenvalue weighted by Gasteiger charge is 2.44. The van der Waals surface area contributed by atoms with E-state index >= 15 is 0 Å². The second kappa shape index (κ2) is 15.0. The van der Waals surface area contributed by atoms with Crippen molar-refractivity contribution in [3.8, 4) is 5.75 Å². The lowest BCUT2D eigenvalue weighted by Crippen LogP contribution is -2.60. The van der Waals surface area contributed by atoms with Gasteiger partial charge in [-0.2, -0.15) is 0 Å². The number of aliphatic hydroxyl groups excluding tert-OH is 4. The Bertz CT molecular complexity index is 714. The van der Waals surface area contributed by atoms with E-state index in [1.807, 2.05) is 24.3 Å². The molecule has 1 fully saturated rings. The highest BCUT2D eigenvalue weighted by Crippen LogP contribution is 2.25.